The number of hydrogen-bond donors (Lipinski definition) is 2. The summed E-state index contributed by atoms with van der Waals surface area (Å²) < 4.78 is 13.0. The fraction of sp³-hybridized carbons (Fsp3) is 0.444. The number of aromatic nitrogens is 2. The Morgan fingerprint density at radius 3 is 2.88 bits per heavy atom. The van der Waals surface area contributed by atoms with Crippen LogP contribution in [0.15, 0.2) is 30.5 Å². The Morgan fingerprint density at radius 1 is 1.44 bits per heavy atom. The van der Waals surface area contributed by atoms with E-state index >= 15 is 0 Å². The molecule has 7 heteroatoms. The van der Waals surface area contributed by atoms with Gasteiger partial charge in [0.15, 0.2) is 0 Å². The van der Waals surface area contributed by atoms with Crippen LogP contribution < -0.4 is 10.2 Å². The number of amides is 2. The molecule has 2 amide bonds. The number of aromatic amines is 1. The lowest BCUT2D eigenvalue weighted by molar-refractivity contribution is 0.204. The summed E-state index contributed by atoms with van der Waals surface area (Å²) in [6.45, 7) is 4.81. The molecule has 0 aliphatic carbocycles. The average molecular weight is 345 g/mol. The van der Waals surface area contributed by atoms with Crippen LogP contribution in [-0.4, -0.2) is 47.6 Å². The van der Waals surface area contributed by atoms with E-state index in [0.29, 0.717) is 19.0 Å². The number of H-pyrrole nitrogens is 1. The molecule has 1 fully saturated rings. The van der Waals surface area contributed by atoms with Crippen molar-refractivity contribution in [3.63, 3.8) is 0 Å². The highest BCUT2D eigenvalue weighted by molar-refractivity contribution is 5.73. The van der Waals surface area contributed by atoms with E-state index in [0.717, 1.165) is 36.7 Å². The standard InChI is InChI=1S/C18H24FN5O/c1-13-9-20-17(22-13)12-23(2)18(25)21-10-14-7-8-24(11-14)16-5-3-15(19)4-6-16/h3-6,9,14H,7-8,10-12H2,1-2H3,(H,20,22)(H,21,25). The molecule has 1 saturated heterocycles. The summed E-state index contributed by atoms with van der Waals surface area (Å²) in [6.07, 6.45) is 2.77. The number of imidazole rings is 1. The van der Waals surface area contributed by atoms with Crippen molar-refractivity contribution in [3.8, 4) is 0 Å². The summed E-state index contributed by atoms with van der Waals surface area (Å²) in [4.78, 5) is 23.4. The van der Waals surface area contributed by atoms with Gasteiger partial charge in [0.1, 0.15) is 11.6 Å². The molecule has 2 aromatic rings. The average Bonchev–Trinajstić information content (AvgIpc) is 3.22. The Bertz CT molecular complexity index is 715. The van der Waals surface area contributed by atoms with Crippen molar-refractivity contribution in [2.24, 2.45) is 5.92 Å². The number of benzene rings is 1. The van der Waals surface area contributed by atoms with Gasteiger partial charge in [-0.25, -0.2) is 14.2 Å². The predicted molar refractivity (Wildman–Crippen MR) is 94.9 cm³/mol. The van der Waals surface area contributed by atoms with Crippen LogP contribution in [-0.2, 0) is 6.54 Å². The van der Waals surface area contributed by atoms with E-state index in [2.05, 4.69) is 20.2 Å². The third kappa shape index (κ3) is 4.49. The normalized spacial score (nSPS) is 16.9. The molecule has 0 radical (unpaired) electrons. The Labute approximate surface area is 147 Å². The topological polar surface area (TPSA) is 64.3 Å². The lowest BCUT2D eigenvalue weighted by Gasteiger charge is -2.20. The van der Waals surface area contributed by atoms with Gasteiger partial charge in [0.25, 0.3) is 0 Å². The number of carbonyl (C=O) groups excluding carboxylic acids is 1. The summed E-state index contributed by atoms with van der Waals surface area (Å²) in [5, 5.41) is 2.99. The van der Waals surface area contributed by atoms with E-state index in [1.807, 2.05) is 6.92 Å². The lowest BCUT2D eigenvalue weighted by atomic mass is 10.1. The third-order valence-corrected chi connectivity index (χ3v) is 4.51. The van der Waals surface area contributed by atoms with Gasteiger partial charge in [-0.3, -0.25) is 0 Å². The number of aryl methyl sites for hydroxylation is 1. The van der Waals surface area contributed by atoms with Crippen LogP contribution in [0.2, 0.25) is 0 Å². The molecular formula is C18H24FN5O. The fourth-order valence-corrected chi connectivity index (χ4v) is 3.10. The molecule has 2 heterocycles. The van der Waals surface area contributed by atoms with Crippen molar-refractivity contribution in [3.05, 3.63) is 47.8 Å². The quantitative estimate of drug-likeness (QED) is 0.875. The summed E-state index contributed by atoms with van der Waals surface area (Å²) in [5.41, 5.74) is 2.01. The van der Waals surface area contributed by atoms with E-state index in [9.17, 15) is 9.18 Å². The third-order valence-electron chi connectivity index (χ3n) is 4.51. The highest BCUT2D eigenvalue weighted by atomic mass is 19.1. The molecule has 3 rings (SSSR count). The van der Waals surface area contributed by atoms with Gasteiger partial charge in [0.05, 0.1) is 6.54 Å². The lowest BCUT2D eigenvalue weighted by Crippen LogP contribution is -2.39. The zero-order valence-electron chi connectivity index (χ0n) is 14.6. The first-order chi connectivity index (χ1) is 12.0. The molecule has 25 heavy (non-hydrogen) atoms. The van der Waals surface area contributed by atoms with E-state index in [1.54, 1.807) is 30.3 Å². The van der Waals surface area contributed by atoms with E-state index in [4.69, 9.17) is 0 Å². The van der Waals surface area contributed by atoms with Gasteiger partial charge in [0.2, 0.25) is 0 Å². The van der Waals surface area contributed by atoms with Crippen LogP contribution >= 0.6 is 0 Å². The second-order valence-corrected chi connectivity index (χ2v) is 6.63. The zero-order valence-corrected chi connectivity index (χ0v) is 14.6. The minimum absolute atomic E-state index is 0.103. The van der Waals surface area contributed by atoms with Crippen molar-refractivity contribution in [1.82, 2.24) is 20.2 Å². The number of halogens is 1. The summed E-state index contributed by atoms with van der Waals surface area (Å²) in [6, 6.07) is 6.46. The van der Waals surface area contributed by atoms with Gasteiger partial charge in [-0.05, 0) is 43.5 Å². The number of nitrogens with one attached hydrogen (secondary N) is 2. The van der Waals surface area contributed by atoms with Crippen molar-refractivity contribution >= 4 is 11.7 Å². The molecule has 0 spiro atoms. The van der Waals surface area contributed by atoms with Gasteiger partial charge in [-0.2, -0.15) is 0 Å². The van der Waals surface area contributed by atoms with Crippen molar-refractivity contribution in [2.45, 2.75) is 19.9 Å². The van der Waals surface area contributed by atoms with Gasteiger partial charge in [-0.15, -0.1) is 0 Å². The molecule has 1 aliphatic heterocycles. The molecule has 2 N–H and O–H groups in total. The van der Waals surface area contributed by atoms with Crippen LogP contribution in [0, 0.1) is 18.7 Å². The van der Waals surface area contributed by atoms with Gasteiger partial charge in [-0.1, -0.05) is 0 Å². The molecule has 1 unspecified atom stereocenters. The second-order valence-electron chi connectivity index (χ2n) is 6.63. The summed E-state index contributed by atoms with van der Waals surface area (Å²) in [7, 11) is 1.76. The maximum atomic E-state index is 13.0. The fourth-order valence-electron chi connectivity index (χ4n) is 3.10. The monoisotopic (exact) mass is 345 g/mol. The minimum atomic E-state index is -0.221. The van der Waals surface area contributed by atoms with Crippen LogP contribution in [0.3, 0.4) is 0 Å². The highest BCUT2D eigenvalue weighted by Gasteiger charge is 2.23. The Morgan fingerprint density at radius 2 is 2.20 bits per heavy atom. The Hall–Kier alpha value is -2.57. The van der Waals surface area contributed by atoms with Gasteiger partial charge in [0, 0.05) is 44.3 Å². The number of rotatable bonds is 5. The van der Waals surface area contributed by atoms with Crippen LogP contribution in [0.25, 0.3) is 0 Å². The Balaban J connectivity index is 1.44. The van der Waals surface area contributed by atoms with E-state index in [-0.39, 0.29) is 11.8 Å². The maximum absolute atomic E-state index is 13.0. The van der Waals surface area contributed by atoms with Crippen molar-refractivity contribution < 1.29 is 9.18 Å². The summed E-state index contributed by atoms with van der Waals surface area (Å²) >= 11 is 0. The van der Waals surface area contributed by atoms with Crippen LogP contribution in [0.4, 0.5) is 14.9 Å². The van der Waals surface area contributed by atoms with Crippen molar-refractivity contribution in [1.29, 1.82) is 0 Å². The SMILES string of the molecule is Cc1cnc(CN(C)C(=O)NCC2CCN(c3ccc(F)cc3)C2)[nH]1. The number of anilines is 1. The highest BCUT2D eigenvalue weighted by Crippen LogP contribution is 2.23. The second kappa shape index (κ2) is 7.55. The van der Waals surface area contributed by atoms with Crippen LogP contribution in [0.1, 0.15) is 17.9 Å². The molecular weight excluding hydrogens is 321 g/mol. The first kappa shape index (κ1) is 17.3. The molecule has 1 atom stereocenters. The predicted octanol–water partition coefficient (Wildman–Crippen LogP) is 2.53. The molecule has 0 bridgehead atoms. The number of nitrogens with zero attached hydrogens (tertiary/aromatic N) is 3. The molecule has 1 aliphatic rings. The Kier molecular flexibility index (Phi) is 5.21. The van der Waals surface area contributed by atoms with Gasteiger partial charge < -0.3 is 20.1 Å². The smallest absolute Gasteiger partial charge is 0.317 e. The first-order valence-corrected chi connectivity index (χ1v) is 8.51. The van der Waals surface area contributed by atoms with E-state index < -0.39 is 0 Å². The van der Waals surface area contributed by atoms with Crippen LogP contribution in [0.5, 0.6) is 0 Å². The largest absolute Gasteiger partial charge is 0.371 e. The maximum Gasteiger partial charge on any atom is 0.317 e. The number of hydrogen-bond acceptors (Lipinski definition) is 3. The first-order valence-electron chi connectivity index (χ1n) is 8.51. The zero-order chi connectivity index (χ0) is 17.8. The summed E-state index contributed by atoms with van der Waals surface area (Å²) in [5.74, 6) is 0.952. The molecule has 1 aromatic carbocycles. The molecule has 134 valence electrons. The van der Waals surface area contributed by atoms with E-state index in [1.165, 1.54) is 12.1 Å². The minimum Gasteiger partial charge on any atom is -0.371 e. The molecule has 0 saturated carbocycles. The molecule has 6 nitrogen and oxygen atoms in total. The number of carbonyl (C=O) groups is 1. The van der Waals surface area contributed by atoms with Crippen molar-refractivity contribution in [2.75, 3.05) is 31.6 Å². The van der Waals surface area contributed by atoms with Gasteiger partial charge >= 0.3 is 6.03 Å². The molecule has 1 aromatic heterocycles. The number of urea groups is 1.